The molecule has 0 heterocycles. The van der Waals surface area contributed by atoms with Crippen molar-refractivity contribution in [3.8, 4) is 0 Å². The Hall–Kier alpha value is -1.66. The highest BCUT2D eigenvalue weighted by Crippen LogP contribution is 2.27. The van der Waals surface area contributed by atoms with E-state index in [0.29, 0.717) is 10.7 Å². The van der Waals surface area contributed by atoms with Crippen molar-refractivity contribution in [1.29, 1.82) is 0 Å². The third-order valence-electron chi connectivity index (χ3n) is 2.66. The largest absolute Gasteiger partial charge is 0.380 e. The van der Waals surface area contributed by atoms with E-state index in [1.807, 2.05) is 0 Å². The molecule has 7 heteroatoms. The summed E-state index contributed by atoms with van der Waals surface area (Å²) >= 11 is 9.30. The van der Waals surface area contributed by atoms with Crippen LogP contribution in [-0.4, -0.2) is 4.92 Å². The molecule has 0 radical (unpaired) electrons. The van der Waals surface area contributed by atoms with Gasteiger partial charge in [-0.1, -0.05) is 39.7 Å². The van der Waals surface area contributed by atoms with Crippen LogP contribution < -0.4 is 5.32 Å². The van der Waals surface area contributed by atoms with Crippen LogP contribution in [0.3, 0.4) is 0 Å². The molecule has 0 atom stereocenters. The average molecular weight is 360 g/mol. The van der Waals surface area contributed by atoms with Gasteiger partial charge in [-0.25, -0.2) is 0 Å². The highest BCUT2D eigenvalue weighted by atomic mass is 79.9. The zero-order valence-corrected chi connectivity index (χ0v) is 12.4. The number of rotatable bonds is 4. The van der Waals surface area contributed by atoms with Gasteiger partial charge in [0.15, 0.2) is 0 Å². The van der Waals surface area contributed by atoms with E-state index >= 15 is 0 Å². The molecular formula is C13H9BrClFN2O2. The first-order valence-corrected chi connectivity index (χ1v) is 6.77. The van der Waals surface area contributed by atoms with E-state index in [9.17, 15) is 14.5 Å². The number of hydrogen-bond acceptors (Lipinski definition) is 3. The molecule has 1 N–H and O–H groups in total. The second-order valence-corrected chi connectivity index (χ2v) is 5.31. The predicted molar refractivity (Wildman–Crippen MR) is 79.5 cm³/mol. The lowest BCUT2D eigenvalue weighted by Crippen LogP contribution is -2.04. The zero-order valence-electron chi connectivity index (χ0n) is 10.1. The lowest BCUT2D eigenvalue weighted by Gasteiger charge is -2.09. The van der Waals surface area contributed by atoms with E-state index in [0.717, 1.165) is 10.5 Å². The molecule has 104 valence electrons. The maximum Gasteiger partial charge on any atom is 0.305 e. The first-order chi connectivity index (χ1) is 9.49. The van der Waals surface area contributed by atoms with Gasteiger partial charge < -0.3 is 5.32 Å². The Morgan fingerprint density at radius 2 is 2.10 bits per heavy atom. The van der Waals surface area contributed by atoms with Gasteiger partial charge in [0.1, 0.15) is 0 Å². The first kappa shape index (κ1) is 14.7. The molecule has 2 aromatic rings. The molecule has 0 fully saturated rings. The summed E-state index contributed by atoms with van der Waals surface area (Å²) in [7, 11) is 0. The summed E-state index contributed by atoms with van der Waals surface area (Å²) in [4.78, 5) is 9.91. The van der Waals surface area contributed by atoms with Crippen LogP contribution in [0.2, 0.25) is 5.02 Å². The lowest BCUT2D eigenvalue weighted by molar-refractivity contribution is -0.387. The van der Waals surface area contributed by atoms with Crippen LogP contribution in [0.1, 0.15) is 5.56 Å². The first-order valence-electron chi connectivity index (χ1n) is 5.59. The van der Waals surface area contributed by atoms with Gasteiger partial charge >= 0.3 is 5.69 Å². The van der Waals surface area contributed by atoms with Crippen LogP contribution in [-0.2, 0) is 6.54 Å². The summed E-state index contributed by atoms with van der Waals surface area (Å²) in [6.07, 6.45) is 0. The van der Waals surface area contributed by atoms with Gasteiger partial charge in [0.05, 0.1) is 15.6 Å². The van der Waals surface area contributed by atoms with Gasteiger partial charge in [0.25, 0.3) is 0 Å². The molecule has 20 heavy (non-hydrogen) atoms. The molecule has 0 amide bonds. The topological polar surface area (TPSA) is 55.2 Å². The Morgan fingerprint density at radius 1 is 1.35 bits per heavy atom. The van der Waals surface area contributed by atoms with Gasteiger partial charge in [-0.05, 0) is 18.2 Å². The highest BCUT2D eigenvalue weighted by molar-refractivity contribution is 9.10. The van der Waals surface area contributed by atoms with Gasteiger partial charge in [-0.3, -0.25) is 10.1 Å². The molecule has 2 aromatic carbocycles. The summed E-state index contributed by atoms with van der Waals surface area (Å²) in [5, 5.41) is 14.1. The maximum atomic E-state index is 13.9. The number of anilines is 1. The molecule has 2 rings (SSSR count). The van der Waals surface area contributed by atoms with E-state index < -0.39 is 16.4 Å². The van der Waals surface area contributed by atoms with Crippen LogP contribution in [0.4, 0.5) is 15.8 Å². The molecule has 0 aliphatic heterocycles. The quantitative estimate of drug-likeness (QED) is 0.632. The van der Waals surface area contributed by atoms with E-state index in [1.165, 1.54) is 12.1 Å². The van der Waals surface area contributed by atoms with Crippen molar-refractivity contribution in [3.63, 3.8) is 0 Å². The third-order valence-corrected chi connectivity index (χ3v) is 3.46. The highest BCUT2D eigenvalue weighted by Gasteiger charge is 2.16. The summed E-state index contributed by atoms with van der Waals surface area (Å²) in [5.41, 5.74) is 0.296. The number of benzene rings is 2. The minimum Gasteiger partial charge on any atom is -0.380 e. The summed E-state index contributed by atoms with van der Waals surface area (Å²) < 4.78 is 14.7. The van der Waals surface area contributed by atoms with E-state index in [1.54, 1.807) is 18.2 Å². The number of nitro benzene ring substituents is 1. The van der Waals surface area contributed by atoms with Gasteiger partial charge in [-0.15, -0.1) is 0 Å². The fraction of sp³-hybridized carbons (Fsp3) is 0.0769. The van der Waals surface area contributed by atoms with Crippen LogP contribution >= 0.6 is 27.5 Å². The van der Waals surface area contributed by atoms with Crippen LogP contribution in [0.25, 0.3) is 0 Å². The molecule has 0 saturated carbocycles. The molecular weight excluding hydrogens is 351 g/mol. The fourth-order valence-electron chi connectivity index (χ4n) is 1.67. The Balaban J connectivity index is 2.19. The molecule has 0 spiro atoms. The van der Waals surface area contributed by atoms with E-state index in [4.69, 9.17) is 11.6 Å². The number of nitro groups is 1. The SMILES string of the molecule is O=[N+]([O-])c1cccc(CNc2ccc(Br)cc2Cl)c1F. The smallest absolute Gasteiger partial charge is 0.305 e. The minimum absolute atomic E-state index is 0.106. The average Bonchev–Trinajstić information content (AvgIpc) is 2.39. The molecule has 0 aliphatic rings. The lowest BCUT2D eigenvalue weighted by atomic mass is 10.2. The van der Waals surface area contributed by atoms with Crippen LogP contribution in [0, 0.1) is 15.9 Å². The van der Waals surface area contributed by atoms with E-state index in [-0.39, 0.29) is 12.1 Å². The summed E-state index contributed by atoms with van der Waals surface area (Å²) in [5.74, 6) is -0.835. The van der Waals surface area contributed by atoms with Crippen LogP contribution in [0.15, 0.2) is 40.9 Å². The molecule has 0 saturated heterocycles. The third kappa shape index (κ3) is 3.26. The standard InChI is InChI=1S/C13H9BrClFN2O2/c14-9-4-5-11(10(15)6-9)17-7-8-2-1-3-12(13(8)16)18(19)20/h1-6,17H,7H2. The van der Waals surface area contributed by atoms with Crippen molar-refractivity contribution in [2.75, 3.05) is 5.32 Å². The Labute approximate surface area is 127 Å². The van der Waals surface area contributed by atoms with Gasteiger partial charge in [0, 0.05) is 22.6 Å². The Morgan fingerprint density at radius 3 is 2.75 bits per heavy atom. The monoisotopic (exact) mass is 358 g/mol. The molecule has 0 aliphatic carbocycles. The number of hydrogen-bond donors (Lipinski definition) is 1. The molecule has 0 unspecified atom stereocenters. The second-order valence-electron chi connectivity index (χ2n) is 3.99. The van der Waals surface area contributed by atoms with E-state index in [2.05, 4.69) is 21.2 Å². The predicted octanol–water partition coefficient (Wildman–Crippen LogP) is 4.76. The van der Waals surface area contributed by atoms with Gasteiger partial charge in [0.2, 0.25) is 5.82 Å². The summed E-state index contributed by atoms with van der Waals surface area (Å²) in [6.45, 7) is 0.106. The second kappa shape index (κ2) is 6.19. The fourth-order valence-corrected chi connectivity index (χ4v) is 2.41. The molecule has 0 aromatic heterocycles. The zero-order chi connectivity index (χ0) is 14.7. The van der Waals surface area contributed by atoms with Crippen molar-refractivity contribution >= 4 is 38.9 Å². The Bertz CT molecular complexity index is 667. The van der Waals surface area contributed by atoms with Gasteiger partial charge in [-0.2, -0.15) is 4.39 Å². The van der Waals surface area contributed by atoms with Crippen LogP contribution in [0.5, 0.6) is 0 Å². The van der Waals surface area contributed by atoms with Crippen molar-refractivity contribution in [1.82, 2.24) is 0 Å². The number of nitrogens with zero attached hydrogens (tertiary/aromatic N) is 1. The Kier molecular flexibility index (Phi) is 4.57. The molecule has 0 bridgehead atoms. The maximum absolute atomic E-state index is 13.9. The van der Waals surface area contributed by atoms with Crippen molar-refractivity contribution < 1.29 is 9.31 Å². The van der Waals surface area contributed by atoms with Crippen molar-refractivity contribution in [2.24, 2.45) is 0 Å². The normalized spacial score (nSPS) is 10.3. The van der Waals surface area contributed by atoms with Crippen molar-refractivity contribution in [2.45, 2.75) is 6.54 Å². The number of halogens is 3. The molecule has 4 nitrogen and oxygen atoms in total. The minimum atomic E-state index is -0.835. The van der Waals surface area contributed by atoms with Crippen molar-refractivity contribution in [3.05, 3.63) is 67.4 Å². The summed E-state index contributed by atoms with van der Waals surface area (Å²) in [6, 6.07) is 9.29. The number of nitrogens with one attached hydrogen (secondary N) is 1.